The first-order valence-electron chi connectivity index (χ1n) is 6.68. The van der Waals surface area contributed by atoms with E-state index in [2.05, 4.69) is 23.5 Å². The van der Waals surface area contributed by atoms with Crippen LogP contribution in [0.2, 0.25) is 0 Å². The minimum absolute atomic E-state index is 0.0308. The SMILES string of the molecule is NC(=S)CCCNC(=O)Cc1ccc2ccccc2c1. The summed E-state index contributed by atoms with van der Waals surface area (Å²) in [5.41, 5.74) is 6.43. The van der Waals surface area contributed by atoms with E-state index in [0.29, 0.717) is 24.4 Å². The van der Waals surface area contributed by atoms with E-state index in [0.717, 1.165) is 17.4 Å². The maximum absolute atomic E-state index is 11.8. The molecular weight excluding hydrogens is 268 g/mol. The topological polar surface area (TPSA) is 55.1 Å². The molecule has 0 spiro atoms. The second-order valence-corrected chi connectivity index (χ2v) is 5.30. The number of nitrogens with one attached hydrogen (secondary N) is 1. The molecule has 0 bridgehead atoms. The molecule has 3 N–H and O–H groups in total. The Morgan fingerprint density at radius 3 is 2.65 bits per heavy atom. The van der Waals surface area contributed by atoms with Crippen molar-refractivity contribution in [1.29, 1.82) is 0 Å². The van der Waals surface area contributed by atoms with Crippen LogP contribution < -0.4 is 11.1 Å². The summed E-state index contributed by atoms with van der Waals surface area (Å²) in [6.07, 6.45) is 1.86. The quantitative estimate of drug-likeness (QED) is 0.634. The molecule has 0 radical (unpaired) electrons. The highest BCUT2D eigenvalue weighted by Gasteiger charge is 2.03. The van der Waals surface area contributed by atoms with Crippen LogP contribution in [0.5, 0.6) is 0 Å². The van der Waals surface area contributed by atoms with Crippen LogP contribution in [0.25, 0.3) is 10.8 Å². The Bertz CT molecular complexity index is 625. The molecule has 0 aliphatic heterocycles. The minimum atomic E-state index is 0.0308. The molecule has 0 heterocycles. The number of benzene rings is 2. The summed E-state index contributed by atoms with van der Waals surface area (Å²) < 4.78 is 0. The van der Waals surface area contributed by atoms with E-state index in [1.807, 2.05) is 24.3 Å². The molecule has 4 heteroatoms. The second-order valence-electron chi connectivity index (χ2n) is 4.78. The Morgan fingerprint density at radius 2 is 1.90 bits per heavy atom. The molecule has 3 nitrogen and oxygen atoms in total. The molecular formula is C16H18N2OS. The lowest BCUT2D eigenvalue weighted by molar-refractivity contribution is -0.120. The van der Waals surface area contributed by atoms with Crippen LogP contribution in [0.15, 0.2) is 42.5 Å². The number of rotatable bonds is 6. The van der Waals surface area contributed by atoms with E-state index in [4.69, 9.17) is 18.0 Å². The smallest absolute Gasteiger partial charge is 0.224 e. The van der Waals surface area contributed by atoms with Gasteiger partial charge in [-0.1, -0.05) is 54.7 Å². The lowest BCUT2D eigenvalue weighted by Gasteiger charge is -2.06. The van der Waals surface area contributed by atoms with Gasteiger partial charge in [0, 0.05) is 6.54 Å². The Morgan fingerprint density at radius 1 is 1.15 bits per heavy atom. The molecule has 1 amide bonds. The van der Waals surface area contributed by atoms with Crippen LogP contribution in [0.4, 0.5) is 0 Å². The Labute approximate surface area is 124 Å². The summed E-state index contributed by atoms with van der Waals surface area (Å²) in [6.45, 7) is 0.615. The van der Waals surface area contributed by atoms with E-state index in [9.17, 15) is 4.79 Å². The van der Waals surface area contributed by atoms with Gasteiger partial charge in [0.25, 0.3) is 0 Å². The van der Waals surface area contributed by atoms with Crippen LogP contribution in [-0.2, 0) is 11.2 Å². The zero-order valence-electron chi connectivity index (χ0n) is 11.3. The summed E-state index contributed by atoms with van der Waals surface area (Å²) in [5, 5.41) is 5.23. The van der Waals surface area contributed by atoms with Crippen LogP contribution in [0.3, 0.4) is 0 Å². The van der Waals surface area contributed by atoms with Gasteiger partial charge in [-0.2, -0.15) is 0 Å². The fourth-order valence-electron chi connectivity index (χ4n) is 2.09. The summed E-state index contributed by atoms with van der Waals surface area (Å²) in [5.74, 6) is 0.0308. The second kappa shape index (κ2) is 7.01. The van der Waals surface area contributed by atoms with Gasteiger partial charge in [-0.3, -0.25) is 4.79 Å². The van der Waals surface area contributed by atoms with Crippen molar-refractivity contribution < 1.29 is 4.79 Å². The molecule has 0 saturated carbocycles. The number of amides is 1. The molecule has 0 atom stereocenters. The Balaban J connectivity index is 1.88. The average Bonchev–Trinajstić information content (AvgIpc) is 2.43. The molecule has 0 fully saturated rings. The number of carbonyl (C=O) groups excluding carboxylic acids is 1. The third-order valence-corrected chi connectivity index (χ3v) is 3.30. The third kappa shape index (κ3) is 4.31. The molecule has 2 aromatic rings. The van der Waals surface area contributed by atoms with Crippen molar-refractivity contribution >= 4 is 33.9 Å². The van der Waals surface area contributed by atoms with Crippen LogP contribution in [0, 0.1) is 0 Å². The van der Waals surface area contributed by atoms with Gasteiger partial charge in [0.2, 0.25) is 5.91 Å². The summed E-state index contributed by atoms with van der Waals surface area (Å²) in [4.78, 5) is 12.3. The first-order valence-corrected chi connectivity index (χ1v) is 7.08. The lowest BCUT2D eigenvalue weighted by Crippen LogP contribution is -2.26. The molecule has 20 heavy (non-hydrogen) atoms. The molecule has 0 aromatic heterocycles. The van der Waals surface area contributed by atoms with Crippen molar-refractivity contribution in [1.82, 2.24) is 5.32 Å². The van der Waals surface area contributed by atoms with Crippen LogP contribution >= 0.6 is 12.2 Å². The maximum atomic E-state index is 11.8. The molecule has 0 saturated heterocycles. The van der Waals surface area contributed by atoms with Crippen molar-refractivity contribution in [3.63, 3.8) is 0 Å². The van der Waals surface area contributed by atoms with Gasteiger partial charge in [-0.25, -0.2) is 0 Å². The number of thiocarbonyl (C=S) groups is 1. The highest BCUT2D eigenvalue weighted by atomic mass is 32.1. The van der Waals surface area contributed by atoms with Gasteiger partial charge in [0.05, 0.1) is 11.4 Å². The van der Waals surface area contributed by atoms with E-state index < -0.39 is 0 Å². The normalized spacial score (nSPS) is 10.4. The van der Waals surface area contributed by atoms with Gasteiger partial charge >= 0.3 is 0 Å². The van der Waals surface area contributed by atoms with Gasteiger partial charge in [0.1, 0.15) is 0 Å². The minimum Gasteiger partial charge on any atom is -0.393 e. The predicted molar refractivity (Wildman–Crippen MR) is 86.7 cm³/mol. The van der Waals surface area contributed by atoms with Crippen molar-refractivity contribution in [3.8, 4) is 0 Å². The van der Waals surface area contributed by atoms with E-state index in [-0.39, 0.29) is 5.91 Å². The summed E-state index contributed by atoms with van der Waals surface area (Å²) >= 11 is 4.79. The molecule has 2 rings (SSSR count). The maximum Gasteiger partial charge on any atom is 0.224 e. The highest BCUT2D eigenvalue weighted by molar-refractivity contribution is 7.80. The summed E-state index contributed by atoms with van der Waals surface area (Å²) in [6, 6.07) is 14.2. The molecule has 104 valence electrons. The monoisotopic (exact) mass is 286 g/mol. The molecule has 0 aliphatic rings. The van der Waals surface area contributed by atoms with Crippen molar-refractivity contribution in [2.24, 2.45) is 5.73 Å². The number of hydrogen-bond acceptors (Lipinski definition) is 2. The van der Waals surface area contributed by atoms with Crippen LogP contribution in [0.1, 0.15) is 18.4 Å². The number of hydrogen-bond donors (Lipinski definition) is 2. The van der Waals surface area contributed by atoms with Gasteiger partial charge in [-0.05, 0) is 29.2 Å². The van der Waals surface area contributed by atoms with Crippen LogP contribution in [-0.4, -0.2) is 17.4 Å². The van der Waals surface area contributed by atoms with Gasteiger partial charge < -0.3 is 11.1 Å². The number of nitrogens with two attached hydrogens (primary N) is 1. The fraction of sp³-hybridized carbons (Fsp3) is 0.250. The van der Waals surface area contributed by atoms with E-state index in [1.54, 1.807) is 0 Å². The Hall–Kier alpha value is -1.94. The highest BCUT2D eigenvalue weighted by Crippen LogP contribution is 2.15. The third-order valence-electron chi connectivity index (χ3n) is 3.10. The number of fused-ring (bicyclic) bond motifs is 1. The van der Waals surface area contributed by atoms with E-state index in [1.165, 1.54) is 5.39 Å². The number of carbonyl (C=O) groups is 1. The largest absolute Gasteiger partial charge is 0.393 e. The zero-order valence-corrected chi connectivity index (χ0v) is 12.1. The first kappa shape index (κ1) is 14.5. The van der Waals surface area contributed by atoms with Gasteiger partial charge in [0.15, 0.2) is 0 Å². The zero-order chi connectivity index (χ0) is 14.4. The van der Waals surface area contributed by atoms with Gasteiger partial charge in [-0.15, -0.1) is 0 Å². The molecule has 2 aromatic carbocycles. The predicted octanol–water partition coefficient (Wildman–Crippen LogP) is 2.56. The average molecular weight is 286 g/mol. The Kier molecular flexibility index (Phi) is 5.07. The van der Waals surface area contributed by atoms with Crippen molar-refractivity contribution in [3.05, 3.63) is 48.0 Å². The fourth-order valence-corrected chi connectivity index (χ4v) is 2.23. The van der Waals surface area contributed by atoms with Crippen molar-refractivity contribution in [2.45, 2.75) is 19.3 Å². The standard InChI is InChI=1S/C16H18N2OS/c17-15(20)6-3-9-18-16(19)11-12-7-8-13-4-1-2-5-14(13)10-12/h1-2,4-5,7-8,10H,3,6,9,11H2,(H2,17,20)(H,18,19). The summed E-state index contributed by atoms with van der Waals surface area (Å²) in [7, 11) is 0. The first-order chi connectivity index (χ1) is 9.65. The molecule has 0 aliphatic carbocycles. The molecule has 0 unspecified atom stereocenters. The van der Waals surface area contributed by atoms with Crippen molar-refractivity contribution in [2.75, 3.05) is 6.54 Å². The van der Waals surface area contributed by atoms with E-state index >= 15 is 0 Å². The lowest BCUT2D eigenvalue weighted by atomic mass is 10.0.